The van der Waals surface area contributed by atoms with Crippen LogP contribution >= 0.6 is 0 Å². The van der Waals surface area contributed by atoms with Crippen molar-refractivity contribution in [1.82, 2.24) is 4.72 Å². The van der Waals surface area contributed by atoms with Crippen LogP contribution in [0.1, 0.15) is 12.0 Å². The Hall–Kier alpha value is -2.58. The highest BCUT2D eigenvalue weighted by Gasteiger charge is 2.23. The highest BCUT2D eigenvalue weighted by atomic mass is 32.2. The SMILES string of the molecule is O=C1COc2ccc(S(=O)(=O)NCC3CCOc4ccccc4C3)cc2N1. The number of hydrogen-bond donors (Lipinski definition) is 2. The Balaban J connectivity index is 1.46. The first-order valence-corrected chi connectivity index (χ1v) is 10.3. The Labute approximate surface area is 157 Å². The number of nitrogens with one attached hydrogen (secondary N) is 2. The molecule has 0 saturated carbocycles. The Kier molecular flexibility index (Phi) is 4.75. The number of carbonyl (C=O) groups excluding carboxylic acids is 1. The van der Waals surface area contributed by atoms with Gasteiger partial charge in [0.1, 0.15) is 11.5 Å². The molecule has 2 aliphatic heterocycles. The molecular formula is C19H20N2O5S. The quantitative estimate of drug-likeness (QED) is 0.835. The van der Waals surface area contributed by atoms with Crippen LogP contribution in [0.4, 0.5) is 5.69 Å². The minimum absolute atomic E-state index is 0.0669. The standard InChI is InChI=1S/C19H20N2O5S/c22-19-12-26-18-6-5-15(10-16(18)21-19)27(23,24)20-11-13-7-8-25-17-4-2-1-3-14(17)9-13/h1-6,10,13,20H,7-9,11-12H2,(H,21,22). The topological polar surface area (TPSA) is 93.7 Å². The molecular weight excluding hydrogens is 368 g/mol. The summed E-state index contributed by atoms with van der Waals surface area (Å²) in [6, 6.07) is 12.3. The fraction of sp³-hybridized carbons (Fsp3) is 0.316. The fourth-order valence-corrected chi connectivity index (χ4v) is 4.42. The van der Waals surface area contributed by atoms with Crippen LogP contribution in [0.15, 0.2) is 47.4 Å². The van der Waals surface area contributed by atoms with Crippen molar-refractivity contribution in [3.8, 4) is 11.5 Å². The number of rotatable bonds is 4. The second-order valence-electron chi connectivity index (χ2n) is 6.66. The van der Waals surface area contributed by atoms with Crippen LogP contribution in [0.3, 0.4) is 0 Å². The molecule has 1 amide bonds. The molecule has 0 radical (unpaired) electrons. The maximum absolute atomic E-state index is 12.7. The molecule has 2 heterocycles. The molecule has 0 bridgehead atoms. The van der Waals surface area contributed by atoms with Gasteiger partial charge in [-0.3, -0.25) is 4.79 Å². The number of benzene rings is 2. The summed E-state index contributed by atoms with van der Waals surface area (Å²) >= 11 is 0. The predicted molar refractivity (Wildman–Crippen MR) is 99.5 cm³/mol. The second-order valence-corrected chi connectivity index (χ2v) is 8.43. The van der Waals surface area contributed by atoms with Gasteiger partial charge in [0.15, 0.2) is 6.61 Å². The molecule has 1 unspecified atom stereocenters. The van der Waals surface area contributed by atoms with E-state index in [9.17, 15) is 13.2 Å². The van der Waals surface area contributed by atoms with E-state index in [2.05, 4.69) is 10.0 Å². The normalized spacial score (nSPS) is 19.0. The number of amides is 1. The number of para-hydroxylation sites is 1. The van der Waals surface area contributed by atoms with Gasteiger partial charge in [0.25, 0.3) is 5.91 Å². The monoisotopic (exact) mass is 388 g/mol. The lowest BCUT2D eigenvalue weighted by molar-refractivity contribution is -0.118. The van der Waals surface area contributed by atoms with Crippen LogP contribution in [-0.4, -0.2) is 34.1 Å². The molecule has 0 aliphatic carbocycles. The number of sulfonamides is 1. The van der Waals surface area contributed by atoms with E-state index in [-0.39, 0.29) is 23.3 Å². The minimum Gasteiger partial charge on any atom is -0.493 e. The molecule has 27 heavy (non-hydrogen) atoms. The maximum atomic E-state index is 12.7. The van der Waals surface area contributed by atoms with E-state index in [0.717, 1.165) is 24.2 Å². The van der Waals surface area contributed by atoms with E-state index in [0.29, 0.717) is 24.6 Å². The van der Waals surface area contributed by atoms with Gasteiger partial charge in [-0.25, -0.2) is 13.1 Å². The van der Waals surface area contributed by atoms with Crippen molar-refractivity contribution < 1.29 is 22.7 Å². The van der Waals surface area contributed by atoms with Crippen molar-refractivity contribution in [3.63, 3.8) is 0 Å². The minimum atomic E-state index is -3.70. The van der Waals surface area contributed by atoms with Crippen LogP contribution in [0.5, 0.6) is 11.5 Å². The molecule has 1 atom stereocenters. The fourth-order valence-electron chi connectivity index (χ4n) is 3.28. The van der Waals surface area contributed by atoms with Gasteiger partial charge in [-0.15, -0.1) is 0 Å². The number of carbonyl (C=O) groups is 1. The van der Waals surface area contributed by atoms with Crippen molar-refractivity contribution in [2.45, 2.75) is 17.7 Å². The van der Waals surface area contributed by atoms with Crippen LogP contribution in [-0.2, 0) is 21.2 Å². The Morgan fingerprint density at radius 3 is 2.85 bits per heavy atom. The van der Waals surface area contributed by atoms with E-state index in [1.807, 2.05) is 24.3 Å². The lowest BCUT2D eigenvalue weighted by Crippen LogP contribution is -2.31. The third-order valence-electron chi connectivity index (χ3n) is 4.72. The van der Waals surface area contributed by atoms with Crippen LogP contribution < -0.4 is 19.5 Å². The van der Waals surface area contributed by atoms with Gasteiger partial charge in [-0.1, -0.05) is 18.2 Å². The maximum Gasteiger partial charge on any atom is 0.262 e. The third-order valence-corrected chi connectivity index (χ3v) is 6.14. The average Bonchev–Trinajstić information content (AvgIpc) is 2.88. The molecule has 4 rings (SSSR count). The zero-order valence-corrected chi connectivity index (χ0v) is 15.4. The van der Waals surface area contributed by atoms with Gasteiger partial charge >= 0.3 is 0 Å². The summed E-state index contributed by atoms with van der Waals surface area (Å²) in [4.78, 5) is 11.5. The van der Waals surface area contributed by atoms with Gasteiger partial charge in [0, 0.05) is 6.54 Å². The van der Waals surface area contributed by atoms with E-state index in [1.54, 1.807) is 6.07 Å². The summed E-state index contributed by atoms with van der Waals surface area (Å²) in [5, 5.41) is 2.62. The van der Waals surface area contributed by atoms with E-state index >= 15 is 0 Å². The molecule has 8 heteroatoms. The largest absolute Gasteiger partial charge is 0.493 e. The van der Waals surface area contributed by atoms with Gasteiger partial charge in [-0.05, 0) is 48.6 Å². The average molecular weight is 388 g/mol. The van der Waals surface area contributed by atoms with Gasteiger partial charge in [0.2, 0.25) is 10.0 Å². The summed E-state index contributed by atoms with van der Waals surface area (Å²) in [6.07, 6.45) is 1.53. The van der Waals surface area contributed by atoms with Crippen LogP contribution in [0, 0.1) is 5.92 Å². The van der Waals surface area contributed by atoms with Crippen LogP contribution in [0.25, 0.3) is 0 Å². The number of anilines is 1. The first-order chi connectivity index (χ1) is 13.0. The summed E-state index contributed by atoms with van der Waals surface area (Å²) in [6.45, 7) is 0.814. The lowest BCUT2D eigenvalue weighted by atomic mass is 9.97. The van der Waals surface area contributed by atoms with E-state index < -0.39 is 10.0 Å². The number of ether oxygens (including phenoxy) is 2. The molecule has 0 spiro atoms. The van der Waals surface area contributed by atoms with Crippen molar-refractivity contribution in [2.75, 3.05) is 25.1 Å². The predicted octanol–water partition coefficient (Wildman–Crippen LogP) is 1.94. The lowest BCUT2D eigenvalue weighted by Gasteiger charge is -2.19. The van der Waals surface area contributed by atoms with Gasteiger partial charge < -0.3 is 14.8 Å². The molecule has 2 aromatic rings. The summed E-state index contributed by atoms with van der Waals surface area (Å²) < 4.78 is 39.0. The van der Waals surface area contributed by atoms with Crippen molar-refractivity contribution in [2.24, 2.45) is 5.92 Å². The number of hydrogen-bond acceptors (Lipinski definition) is 5. The molecule has 142 valence electrons. The Morgan fingerprint density at radius 2 is 1.96 bits per heavy atom. The highest BCUT2D eigenvalue weighted by molar-refractivity contribution is 7.89. The first-order valence-electron chi connectivity index (χ1n) is 8.78. The number of fused-ring (bicyclic) bond motifs is 2. The zero-order chi connectivity index (χ0) is 18.9. The molecule has 7 nitrogen and oxygen atoms in total. The molecule has 0 saturated heterocycles. The van der Waals surface area contributed by atoms with Gasteiger partial charge in [0.05, 0.1) is 17.2 Å². The van der Waals surface area contributed by atoms with Crippen molar-refractivity contribution >= 4 is 21.6 Å². The zero-order valence-electron chi connectivity index (χ0n) is 14.6. The smallest absolute Gasteiger partial charge is 0.262 e. The van der Waals surface area contributed by atoms with E-state index in [4.69, 9.17) is 9.47 Å². The summed E-state index contributed by atoms with van der Waals surface area (Å²) in [7, 11) is -3.70. The van der Waals surface area contributed by atoms with Gasteiger partial charge in [-0.2, -0.15) is 0 Å². The molecule has 2 aliphatic rings. The molecule has 0 aromatic heterocycles. The third kappa shape index (κ3) is 3.91. The molecule has 2 aromatic carbocycles. The Morgan fingerprint density at radius 1 is 1.11 bits per heavy atom. The highest BCUT2D eigenvalue weighted by Crippen LogP contribution is 2.30. The molecule has 2 N–H and O–H groups in total. The summed E-state index contributed by atoms with van der Waals surface area (Å²) in [5.41, 5.74) is 1.46. The first kappa shape index (κ1) is 17.8. The Bertz CT molecular complexity index is 974. The second kappa shape index (κ2) is 7.21. The molecule has 0 fully saturated rings. The van der Waals surface area contributed by atoms with Crippen molar-refractivity contribution in [3.05, 3.63) is 48.0 Å². The summed E-state index contributed by atoms with van der Waals surface area (Å²) in [5.74, 6) is 1.17. The van der Waals surface area contributed by atoms with E-state index in [1.165, 1.54) is 12.1 Å². The van der Waals surface area contributed by atoms with Crippen molar-refractivity contribution in [1.29, 1.82) is 0 Å². The van der Waals surface area contributed by atoms with Crippen LogP contribution in [0.2, 0.25) is 0 Å².